The van der Waals surface area contributed by atoms with E-state index in [0.29, 0.717) is 17.7 Å². The molecule has 2 aromatic rings. The lowest BCUT2D eigenvalue weighted by Crippen LogP contribution is -2.15. The Morgan fingerprint density at radius 2 is 2.16 bits per heavy atom. The molecule has 1 unspecified atom stereocenters. The minimum absolute atomic E-state index is 0.336. The van der Waals surface area contributed by atoms with Crippen molar-refractivity contribution in [3.8, 4) is 5.75 Å². The summed E-state index contributed by atoms with van der Waals surface area (Å²) in [4.78, 5) is 5.61. The van der Waals surface area contributed by atoms with Gasteiger partial charge in [0.05, 0.1) is 17.8 Å². The molecule has 0 aliphatic rings. The molecule has 0 spiro atoms. The van der Waals surface area contributed by atoms with Crippen LogP contribution >= 0.6 is 11.3 Å². The number of methoxy groups -OCH3 is 1. The van der Waals surface area contributed by atoms with Crippen molar-refractivity contribution < 1.29 is 9.13 Å². The summed E-state index contributed by atoms with van der Waals surface area (Å²) in [5, 5.41) is 0.942. The molecular formula is C14H17FN2OS. The molecule has 0 saturated carbocycles. The van der Waals surface area contributed by atoms with Gasteiger partial charge in [-0.3, -0.25) is 0 Å². The topological polar surface area (TPSA) is 48.1 Å². The van der Waals surface area contributed by atoms with Crippen LogP contribution in [0.5, 0.6) is 5.75 Å². The predicted molar refractivity (Wildman–Crippen MR) is 75.2 cm³/mol. The van der Waals surface area contributed by atoms with Crippen LogP contribution in [0.25, 0.3) is 0 Å². The van der Waals surface area contributed by atoms with Gasteiger partial charge in [-0.15, -0.1) is 11.3 Å². The number of benzene rings is 1. The smallest absolute Gasteiger partial charge is 0.131 e. The van der Waals surface area contributed by atoms with Gasteiger partial charge >= 0.3 is 0 Å². The molecule has 0 radical (unpaired) electrons. The minimum Gasteiger partial charge on any atom is -0.497 e. The Kier molecular flexibility index (Phi) is 4.17. The fourth-order valence-corrected chi connectivity index (χ4v) is 2.85. The summed E-state index contributed by atoms with van der Waals surface area (Å²) >= 11 is 1.61. The summed E-state index contributed by atoms with van der Waals surface area (Å²) in [6, 6.07) is 4.35. The second-order valence-corrected chi connectivity index (χ2v) is 5.74. The van der Waals surface area contributed by atoms with Crippen molar-refractivity contribution in [2.45, 2.75) is 26.3 Å². The number of thiazole rings is 1. The van der Waals surface area contributed by atoms with Gasteiger partial charge in [-0.05, 0) is 19.9 Å². The van der Waals surface area contributed by atoms with E-state index in [1.807, 2.05) is 13.8 Å². The van der Waals surface area contributed by atoms with Crippen LogP contribution in [0.2, 0.25) is 0 Å². The van der Waals surface area contributed by atoms with Crippen LogP contribution in [-0.2, 0) is 6.42 Å². The molecule has 102 valence electrons. The highest BCUT2D eigenvalue weighted by atomic mass is 32.1. The number of rotatable bonds is 4. The average molecular weight is 280 g/mol. The number of ether oxygens (including phenoxy) is 1. The number of halogens is 1. The zero-order chi connectivity index (χ0) is 14.0. The van der Waals surface area contributed by atoms with Gasteiger partial charge in [-0.25, -0.2) is 9.37 Å². The lowest BCUT2D eigenvalue weighted by atomic mass is 10.0. The quantitative estimate of drug-likeness (QED) is 0.936. The van der Waals surface area contributed by atoms with E-state index in [1.54, 1.807) is 23.5 Å². The SMILES string of the molecule is COc1ccc(C(N)Cc2nc(C)c(C)s2)c(F)c1. The van der Waals surface area contributed by atoms with E-state index < -0.39 is 6.04 Å². The first-order chi connectivity index (χ1) is 9.01. The molecule has 0 saturated heterocycles. The second-order valence-electron chi connectivity index (χ2n) is 4.45. The molecule has 1 atom stereocenters. The number of hydrogen-bond donors (Lipinski definition) is 1. The Hall–Kier alpha value is -1.46. The first-order valence-corrected chi connectivity index (χ1v) is 6.85. The Bertz CT molecular complexity index is 563. The Morgan fingerprint density at radius 3 is 2.68 bits per heavy atom. The molecule has 0 bridgehead atoms. The lowest BCUT2D eigenvalue weighted by molar-refractivity contribution is 0.410. The van der Waals surface area contributed by atoms with Crippen molar-refractivity contribution >= 4 is 11.3 Å². The third-order valence-corrected chi connectivity index (χ3v) is 4.17. The van der Waals surface area contributed by atoms with Gasteiger partial charge in [0.15, 0.2) is 0 Å². The van der Waals surface area contributed by atoms with Crippen LogP contribution < -0.4 is 10.5 Å². The van der Waals surface area contributed by atoms with Crippen LogP contribution in [0.4, 0.5) is 4.39 Å². The standard InChI is InChI=1S/C14H17FN2OS/c1-8-9(2)19-14(17-8)7-13(16)11-5-4-10(18-3)6-12(11)15/h4-6,13H,7,16H2,1-3H3. The molecule has 0 aliphatic carbocycles. The van der Waals surface area contributed by atoms with Gasteiger partial charge in [0.25, 0.3) is 0 Å². The van der Waals surface area contributed by atoms with E-state index in [9.17, 15) is 4.39 Å². The summed E-state index contributed by atoms with van der Waals surface area (Å²) in [7, 11) is 1.51. The zero-order valence-corrected chi connectivity index (χ0v) is 12.1. The highest BCUT2D eigenvalue weighted by molar-refractivity contribution is 7.11. The largest absolute Gasteiger partial charge is 0.497 e. The molecular weight excluding hydrogens is 263 g/mol. The van der Waals surface area contributed by atoms with Crippen molar-refractivity contribution in [1.29, 1.82) is 0 Å². The molecule has 2 rings (SSSR count). The van der Waals surface area contributed by atoms with Gasteiger partial charge in [0.1, 0.15) is 11.6 Å². The van der Waals surface area contributed by atoms with Crippen LogP contribution in [0.1, 0.15) is 27.2 Å². The van der Waals surface area contributed by atoms with Crippen molar-refractivity contribution in [2.75, 3.05) is 7.11 Å². The van der Waals surface area contributed by atoms with E-state index in [1.165, 1.54) is 18.1 Å². The van der Waals surface area contributed by atoms with Gasteiger partial charge in [0, 0.05) is 29.0 Å². The van der Waals surface area contributed by atoms with Crippen LogP contribution in [0, 0.1) is 19.7 Å². The van der Waals surface area contributed by atoms with Gasteiger partial charge in [-0.2, -0.15) is 0 Å². The molecule has 1 heterocycles. The zero-order valence-electron chi connectivity index (χ0n) is 11.2. The fourth-order valence-electron chi connectivity index (χ4n) is 1.86. The molecule has 2 N–H and O–H groups in total. The summed E-state index contributed by atoms with van der Waals surface area (Å²) < 4.78 is 18.9. The van der Waals surface area contributed by atoms with Gasteiger partial charge < -0.3 is 10.5 Å². The first kappa shape index (κ1) is 14.0. The van der Waals surface area contributed by atoms with E-state index in [4.69, 9.17) is 10.5 Å². The first-order valence-electron chi connectivity index (χ1n) is 6.03. The van der Waals surface area contributed by atoms with Crippen molar-refractivity contribution in [3.05, 3.63) is 45.2 Å². The molecule has 3 nitrogen and oxygen atoms in total. The fraction of sp³-hybridized carbons (Fsp3) is 0.357. The van der Waals surface area contributed by atoms with Crippen LogP contribution in [0.3, 0.4) is 0 Å². The molecule has 0 aliphatic heterocycles. The third kappa shape index (κ3) is 3.11. The van der Waals surface area contributed by atoms with Crippen molar-refractivity contribution in [3.63, 3.8) is 0 Å². The Labute approximate surface area is 116 Å². The summed E-state index contributed by atoms with van der Waals surface area (Å²) in [6.07, 6.45) is 0.544. The molecule has 0 amide bonds. The third-order valence-electron chi connectivity index (χ3n) is 3.07. The van der Waals surface area contributed by atoms with E-state index in [0.717, 1.165) is 10.7 Å². The summed E-state index contributed by atoms with van der Waals surface area (Å²) in [5.74, 6) is 0.159. The normalized spacial score (nSPS) is 12.5. The predicted octanol–water partition coefficient (Wildman–Crippen LogP) is 3.15. The molecule has 1 aromatic carbocycles. The monoisotopic (exact) mass is 280 g/mol. The van der Waals surface area contributed by atoms with Gasteiger partial charge in [0.2, 0.25) is 0 Å². The maximum absolute atomic E-state index is 13.9. The number of hydrogen-bond acceptors (Lipinski definition) is 4. The van der Waals surface area contributed by atoms with Crippen molar-refractivity contribution in [2.24, 2.45) is 5.73 Å². The number of nitrogens with two attached hydrogens (primary N) is 1. The van der Waals surface area contributed by atoms with Gasteiger partial charge in [-0.1, -0.05) is 6.07 Å². The molecule has 0 fully saturated rings. The van der Waals surface area contributed by atoms with E-state index in [2.05, 4.69) is 4.98 Å². The second kappa shape index (κ2) is 5.67. The maximum atomic E-state index is 13.9. The summed E-state index contributed by atoms with van der Waals surface area (Å²) in [5.41, 5.74) is 7.57. The Morgan fingerprint density at radius 1 is 1.42 bits per heavy atom. The molecule has 5 heteroatoms. The maximum Gasteiger partial charge on any atom is 0.131 e. The van der Waals surface area contributed by atoms with E-state index >= 15 is 0 Å². The highest BCUT2D eigenvalue weighted by Crippen LogP contribution is 2.25. The molecule has 1 aromatic heterocycles. The number of aromatic nitrogens is 1. The van der Waals surface area contributed by atoms with E-state index in [-0.39, 0.29) is 5.82 Å². The van der Waals surface area contributed by atoms with Crippen LogP contribution in [-0.4, -0.2) is 12.1 Å². The number of aryl methyl sites for hydroxylation is 2. The van der Waals surface area contributed by atoms with Crippen LogP contribution in [0.15, 0.2) is 18.2 Å². The number of nitrogens with zero attached hydrogens (tertiary/aromatic N) is 1. The lowest BCUT2D eigenvalue weighted by Gasteiger charge is -2.12. The average Bonchev–Trinajstić information content (AvgIpc) is 2.67. The highest BCUT2D eigenvalue weighted by Gasteiger charge is 2.15. The minimum atomic E-state index is -0.393. The summed E-state index contributed by atoms with van der Waals surface area (Å²) in [6.45, 7) is 3.99. The molecule has 19 heavy (non-hydrogen) atoms. The Balaban J connectivity index is 2.17. The van der Waals surface area contributed by atoms with Crippen molar-refractivity contribution in [1.82, 2.24) is 4.98 Å².